The fraction of sp³-hybridized carbons (Fsp3) is 0.538. The van der Waals surface area contributed by atoms with Crippen LogP contribution in [-0.2, 0) is 0 Å². The van der Waals surface area contributed by atoms with Crippen molar-refractivity contribution in [3.05, 3.63) is 29.8 Å². The lowest BCUT2D eigenvalue weighted by atomic mass is 9.91. The van der Waals surface area contributed by atoms with Crippen molar-refractivity contribution in [3.63, 3.8) is 0 Å². The fourth-order valence-electron chi connectivity index (χ4n) is 2.40. The van der Waals surface area contributed by atoms with Gasteiger partial charge in [0, 0.05) is 30.9 Å². The van der Waals surface area contributed by atoms with Crippen LogP contribution >= 0.6 is 0 Å². The van der Waals surface area contributed by atoms with Crippen LogP contribution in [0.1, 0.15) is 25.7 Å². The van der Waals surface area contributed by atoms with Gasteiger partial charge in [-0.1, -0.05) is 0 Å². The third kappa shape index (κ3) is 2.75. The number of nitrogens with two attached hydrogens (primary N) is 1. The van der Waals surface area contributed by atoms with Crippen molar-refractivity contribution in [2.24, 2.45) is 5.73 Å². The van der Waals surface area contributed by atoms with Crippen molar-refractivity contribution >= 4 is 5.69 Å². The molecule has 94 valence electrons. The minimum atomic E-state index is -0.798. The quantitative estimate of drug-likeness (QED) is 0.861. The molecule has 0 bridgehead atoms. The van der Waals surface area contributed by atoms with Gasteiger partial charge in [0.05, 0.1) is 0 Å². The van der Waals surface area contributed by atoms with Crippen molar-refractivity contribution < 1.29 is 8.78 Å². The zero-order valence-electron chi connectivity index (χ0n) is 10.00. The van der Waals surface area contributed by atoms with Gasteiger partial charge in [-0.25, -0.2) is 8.78 Å². The van der Waals surface area contributed by atoms with Gasteiger partial charge in [0.2, 0.25) is 0 Å². The van der Waals surface area contributed by atoms with Crippen molar-refractivity contribution in [1.82, 2.24) is 0 Å². The summed E-state index contributed by atoms with van der Waals surface area (Å²) in [7, 11) is 1.92. The van der Waals surface area contributed by atoms with Crippen molar-refractivity contribution in [2.45, 2.75) is 37.8 Å². The van der Waals surface area contributed by atoms with Crippen LogP contribution in [0, 0.1) is 11.6 Å². The molecule has 17 heavy (non-hydrogen) atoms. The average Bonchev–Trinajstić information content (AvgIpc) is 2.33. The van der Waals surface area contributed by atoms with Crippen LogP contribution < -0.4 is 10.6 Å². The summed E-state index contributed by atoms with van der Waals surface area (Å²) in [4.78, 5) is 2.02. The van der Waals surface area contributed by atoms with Gasteiger partial charge >= 0.3 is 0 Å². The predicted molar refractivity (Wildman–Crippen MR) is 65.0 cm³/mol. The Balaban J connectivity index is 2.08. The van der Waals surface area contributed by atoms with Gasteiger partial charge in [-0.3, -0.25) is 0 Å². The molecule has 1 aliphatic carbocycles. The molecule has 2 N–H and O–H groups in total. The molecule has 0 amide bonds. The molecule has 0 unspecified atom stereocenters. The van der Waals surface area contributed by atoms with Crippen LogP contribution in [0.2, 0.25) is 0 Å². The van der Waals surface area contributed by atoms with Crippen LogP contribution in [0.5, 0.6) is 0 Å². The molecule has 0 heterocycles. The molecule has 0 atom stereocenters. The topological polar surface area (TPSA) is 29.3 Å². The Kier molecular flexibility index (Phi) is 3.62. The molecular formula is C13H18F2N2. The Morgan fingerprint density at radius 2 is 1.76 bits per heavy atom. The van der Waals surface area contributed by atoms with E-state index in [1.54, 1.807) is 6.07 Å². The van der Waals surface area contributed by atoms with Gasteiger partial charge in [0.1, 0.15) is 0 Å². The molecule has 0 aromatic heterocycles. The molecule has 0 aliphatic heterocycles. The van der Waals surface area contributed by atoms with E-state index in [-0.39, 0.29) is 0 Å². The molecule has 0 spiro atoms. The van der Waals surface area contributed by atoms with E-state index in [9.17, 15) is 8.78 Å². The van der Waals surface area contributed by atoms with E-state index < -0.39 is 11.6 Å². The molecular weight excluding hydrogens is 222 g/mol. The van der Waals surface area contributed by atoms with Crippen LogP contribution in [0.4, 0.5) is 14.5 Å². The highest BCUT2D eigenvalue weighted by atomic mass is 19.2. The number of rotatable bonds is 2. The first-order chi connectivity index (χ1) is 8.08. The molecule has 1 aromatic carbocycles. The Morgan fingerprint density at radius 3 is 2.35 bits per heavy atom. The summed E-state index contributed by atoms with van der Waals surface area (Å²) in [6.07, 6.45) is 4.02. The second-order valence-corrected chi connectivity index (χ2v) is 4.78. The Bertz CT molecular complexity index is 387. The largest absolute Gasteiger partial charge is 0.372 e. The number of hydrogen-bond acceptors (Lipinski definition) is 2. The molecule has 2 nitrogen and oxygen atoms in total. The first-order valence-corrected chi connectivity index (χ1v) is 6.01. The highest BCUT2D eigenvalue weighted by Crippen LogP contribution is 2.26. The zero-order chi connectivity index (χ0) is 12.4. The summed E-state index contributed by atoms with van der Waals surface area (Å²) >= 11 is 0. The summed E-state index contributed by atoms with van der Waals surface area (Å²) in [6, 6.07) is 4.72. The van der Waals surface area contributed by atoms with Crippen molar-refractivity contribution in [3.8, 4) is 0 Å². The van der Waals surface area contributed by atoms with E-state index in [1.807, 2.05) is 11.9 Å². The van der Waals surface area contributed by atoms with Crippen LogP contribution in [0.25, 0.3) is 0 Å². The molecule has 2 rings (SSSR count). The monoisotopic (exact) mass is 240 g/mol. The van der Waals surface area contributed by atoms with Gasteiger partial charge in [-0.2, -0.15) is 0 Å². The molecule has 0 radical (unpaired) electrons. The van der Waals surface area contributed by atoms with E-state index >= 15 is 0 Å². The summed E-state index contributed by atoms with van der Waals surface area (Å²) in [5, 5.41) is 0. The smallest absolute Gasteiger partial charge is 0.160 e. The Labute approximate surface area is 100 Å². The summed E-state index contributed by atoms with van der Waals surface area (Å²) in [5.41, 5.74) is 6.58. The van der Waals surface area contributed by atoms with Crippen molar-refractivity contribution in [2.75, 3.05) is 11.9 Å². The minimum Gasteiger partial charge on any atom is -0.372 e. The van der Waals surface area contributed by atoms with Crippen LogP contribution in [0.3, 0.4) is 0 Å². The lowest BCUT2D eigenvalue weighted by Crippen LogP contribution is -2.38. The average molecular weight is 240 g/mol. The Morgan fingerprint density at radius 1 is 1.12 bits per heavy atom. The second kappa shape index (κ2) is 5.00. The molecule has 1 aliphatic rings. The standard InChI is InChI=1S/C13H18F2N2/c1-17(10-4-2-9(16)3-5-10)11-6-7-12(14)13(15)8-11/h6-10H,2-5,16H2,1H3. The first kappa shape index (κ1) is 12.3. The van der Waals surface area contributed by atoms with E-state index in [0.717, 1.165) is 31.4 Å². The second-order valence-electron chi connectivity index (χ2n) is 4.78. The highest BCUT2D eigenvalue weighted by Gasteiger charge is 2.22. The third-order valence-electron chi connectivity index (χ3n) is 3.60. The molecule has 1 aromatic rings. The minimum absolute atomic E-state index is 0.296. The summed E-state index contributed by atoms with van der Waals surface area (Å²) in [5.74, 6) is -1.59. The molecule has 4 heteroatoms. The SMILES string of the molecule is CN(c1ccc(F)c(F)c1)C1CCC(N)CC1. The lowest BCUT2D eigenvalue weighted by molar-refractivity contribution is 0.384. The predicted octanol–water partition coefficient (Wildman–Crippen LogP) is 2.67. The van der Waals surface area contributed by atoms with E-state index in [1.165, 1.54) is 12.1 Å². The molecule has 1 fully saturated rings. The maximum absolute atomic E-state index is 13.1. The number of anilines is 1. The van der Waals surface area contributed by atoms with Crippen LogP contribution in [-0.4, -0.2) is 19.1 Å². The zero-order valence-corrected chi connectivity index (χ0v) is 10.00. The maximum Gasteiger partial charge on any atom is 0.160 e. The number of hydrogen-bond donors (Lipinski definition) is 1. The Hall–Kier alpha value is -1.16. The number of halogens is 2. The van der Waals surface area contributed by atoms with Crippen molar-refractivity contribution in [1.29, 1.82) is 0 Å². The molecule has 1 saturated carbocycles. The summed E-state index contributed by atoms with van der Waals surface area (Å²) < 4.78 is 26.0. The van der Waals surface area contributed by atoms with Gasteiger partial charge in [-0.15, -0.1) is 0 Å². The van der Waals surface area contributed by atoms with E-state index in [0.29, 0.717) is 12.1 Å². The third-order valence-corrected chi connectivity index (χ3v) is 3.60. The summed E-state index contributed by atoms with van der Waals surface area (Å²) in [6.45, 7) is 0. The van der Waals surface area contributed by atoms with Gasteiger partial charge in [-0.05, 0) is 37.8 Å². The van der Waals surface area contributed by atoms with Gasteiger partial charge in [0.25, 0.3) is 0 Å². The normalized spacial score (nSPS) is 24.7. The van der Waals surface area contributed by atoms with Gasteiger partial charge < -0.3 is 10.6 Å². The molecule has 0 saturated heterocycles. The van der Waals surface area contributed by atoms with Crippen LogP contribution in [0.15, 0.2) is 18.2 Å². The number of benzene rings is 1. The van der Waals surface area contributed by atoms with E-state index in [2.05, 4.69) is 0 Å². The fourth-order valence-corrected chi connectivity index (χ4v) is 2.40. The highest BCUT2D eigenvalue weighted by molar-refractivity contribution is 5.47. The van der Waals surface area contributed by atoms with E-state index in [4.69, 9.17) is 5.73 Å². The number of nitrogens with zero attached hydrogens (tertiary/aromatic N) is 1. The first-order valence-electron chi connectivity index (χ1n) is 6.01. The maximum atomic E-state index is 13.1. The van der Waals surface area contributed by atoms with Gasteiger partial charge in [0.15, 0.2) is 11.6 Å². The lowest BCUT2D eigenvalue weighted by Gasteiger charge is -2.35.